The molecular weight excluding hydrogens is 207 g/mol. The lowest BCUT2D eigenvalue weighted by Crippen LogP contribution is -2.44. The number of hydrogen-bond donors (Lipinski definition) is 2. The minimum atomic E-state index is -0.471. The fourth-order valence-corrected chi connectivity index (χ4v) is 1.70. The van der Waals surface area contributed by atoms with Crippen molar-refractivity contribution in [2.24, 2.45) is 0 Å². The van der Waals surface area contributed by atoms with Gasteiger partial charge in [-0.2, -0.15) is 0 Å². The minimum absolute atomic E-state index is 0.115. The fourth-order valence-electron chi connectivity index (χ4n) is 1.70. The van der Waals surface area contributed by atoms with Gasteiger partial charge in [-0.15, -0.1) is 0 Å². The Hall–Kier alpha value is -1.42. The number of hydrogen-bond acceptors (Lipinski definition) is 2. The maximum absolute atomic E-state index is 13.2. The highest BCUT2D eigenvalue weighted by molar-refractivity contribution is 5.94. The summed E-state index contributed by atoms with van der Waals surface area (Å²) in [5.74, 6) is -0.806. The summed E-state index contributed by atoms with van der Waals surface area (Å²) >= 11 is 0. The third-order valence-electron chi connectivity index (χ3n) is 2.82. The van der Waals surface area contributed by atoms with Crippen molar-refractivity contribution in [1.82, 2.24) is 10.6 Å². The summed E-state index contributed by atoms with van der Waals surface area (Å²) < 4.78 is 13.2. The van der Waals surface area contributed by atoms with Gasteiger partial charge in [0.25, 0.3) is 5.91 Å². The van der Waals surface area contributed by atoms with E-state index in [-0.39, 0.29) is 11.5 Å². The molecule has 0 radical (unpaired) electrons. The van der Waals surface area contributed by atoms with E-state index in [0.717, 1.165) is 19.4 Å². The molecule has 86 valence electrons. The van der Waals surface area contributed by atoms with Gasteiger partial charge in [0.2, 0.25) is 0 Å². The van der Waals surface area contributed by atoms with Gasteiger partial charge in [0.1, 0.15) is 5.82 Å². The first-order chi connectivity index (χ1) is 7.77. The van der Waals surface area contributed by atoms with E-state index in [1.54, 1.807) is 12.1 Å². The van der Waals surface area contributed by atoms with Gasteiger partial charge in [0.15, 0.2) is 0 Å². The Bertz CT molecular complexity index is 377. The molecule has 1 aromatic carbocycles. The molecule has 1 aliphatic heterocycles. The van der Waals surface area contributed by atoms with Gasteiger partial charge in [-0.05, 0) is 31.5 Å². The molecule has 1 saturated heterocycles. The van der Waals surface area contributed by atoms with Gasteiger partial charge in [-0.1, -0.05) is 12.1 Å². The summed E-state index contributed by atoms with van der Waals surface area (Å²) in [5, 5.41) is 5.96. The fraction of sp³-hybridized carbons (Fsp3) is 0.417. The minimum Gasteiger partial charge on any atom is -0.352 e. The number of rotatable bonds is 4. The zero-order valence-electron chi connectivity index (χ0n) is 9.00. The van der Waals surface area contributed by atoms with Crippen LogP contribution in [0.25, 0.3) is 0 Å². The highest BCUT2D eigenvalue weighted by Gasteiger charge is 2.16. The molecule has 0 spiro atoms. The molecular formula is C12H15FN2O. The van der Waals surface area contributed by atoms with Crippen molar-refractivity contribution in [2.75, 3.05) is 13.1 Å². The maximum Gasteiger partial charge on any atom is 0.254 e. The lowest BCUT2D eigenvalue weighted by molar-refractivity contribution is 0.0947. The second-order valence-corrected chi connectivity index (χ2v) is 3.96. The first-order valence-electron chi connectivity index (χ1n) is 5.53. The smallest absolute Gasteiger partial charge is 0.254 e. The maximum atomic E-state index is 13.2. The van der Waals surface area contributed by atoms with E-state index in [1.807, 2.05) is 0 Å². The van der Waals surface area contributed by atoms with Gasteiger partial charge >= 0.3 is 0 Å². The number of carbonyl (C=O) groups excluding carboxylic acids is 1. The van der Waals surface area contributed by atoms with E-state index in [2.05, 4.69) is 10.6 Å². The molecule has 1 atom stereocenters. The number of nitrogens with one attached hydrogen (secondary N) is 2. The first-order valence-corrected chi connectivity index (χ1v) is 5.53. The SMILES string of the molecule is O=C(NCCC1CCN1)c1ccccc1F. The zero-order valence-corrected chi connectivity index (χ0v) is 9.00. The Kier molecular flexibility index (Phi) is 3.51. The molecule has 0 bridgehead atoms. The van der Waals surface area contributed by atoms with Crippen LogP contribution in [0.2, 0.25) is 0 Å². The summed E-state index contributed by atoms with van der Waals surface area (Å²) in [7, 11) is 0. The van der Waals surface area contributed by atoms with Gasteiger partial charge in [-0.25, -0.2) is 4.39 Å². The summed E-state index contributed by atoms with van der Waals surface area (Å²) in [6.45, 7) is 1.65. The second kappa shape index (κ2) is 5.07. The van der Waals surface area contributed by atoms with Crippen LogP contribution in [0.3, 0.4) is 0 Å². The Morgan fingerprint density at radius 1 is 1.50 bits per heavy atom. The first kappa shape index (κ1) is 11.1. The predicted octanol–water partition coefficient (Wildman–Crippen LogP) is 1.31. The zero-order chi connectivity index (χ0) is 11.4. The third-order valence-corrected chi connectivity index (χ3v) is 2.82. The summed E-state index contributed by atoms with van der Waals surface area (Å²) in [5.41, 5.74) is 0.115. The van der Waals surface area contributed by atoms with Gasteiger partial charge in [0, 0.05) is 12.6 Å². The van der Waals surface area contributed by atoms with Crippen molar-refractivity contribution in [3.63, 3.8) is 0 Å². The average molecular weight is 222 g/mol. The van der Waals surface area contributed by atoms with Crippen LogP contribution < -0.4 is 10.6 Å². The van der Waals surface area contributed by atoms with Crippen LogP contribution in [0, 0.1) is 5.82 Å². The van der Waals surface area contributed by atoms with E-state index < -0.39 is 5.82 Å². The molecule has 1 unspecified atom stereocenters. The molecule has 4 heteroatoms. The van der Waals surface area contributed by atoms with Crippen LogP contribution in [0.1, 0.15) is 23.2 Å². The Morgan fingerprint density at radius 3 is 2.88 bits per heavy atom. The van der Waals surface area contributed by atoms with Gasteiger partial charge in [-0.3, -0.25) is 4.79 Å². The van der Waals surface area contributed by atoms with Gasteiger partial charge in [0.05, 0.1) is 5.56 Å². The van der Waals surface area contributed by atoms with E-state index >= 15 is 0 Å². The highest BCUT2D eigenvalue weighted by atomic mass is 19.1. The number of amides is 1. The topological polar surface area (TPSA) is 41.1 Å². The van der Waals surface area contributed by atoms with Crippen LogP contribution in [0.4, 0.5) is 4.39 Å². The predicted molar refractivity (Wildman–Crippen MR) is 59.8 cm³/mol. The van der Waals surface area contributed by atoms with Crippen LogP contribution >= 0.6 is 0 Å². The summed E-state index contributed by atoms with van der Waals surface area (Å²) in [6.07, 6.45) is 2.07. The van der Waals surface area contributed by atoms with Crippen LogP contribution in [0.5, 0.6) is 0 Å². The molecule has 1 amide bonds. The normalized spacial score (nSPS) is 18.9. The number of benzene rings is 1. The molecule has 0 saturated carbocycles. The second-order valence-electron chi connectivity index (χ2n) is 3.96. The van der Waals surface area contributed by atoms with Crippen molar-refractivity contribution in [2.45, 2.75) is 18.9 Å². The molecule has 1 aromatic rings. The van der Waals surface area contributed by atoms with E-state index in [1.165, 1.54) is 12.1 Å². The summed E-state index contributed by atoms with van der Waals surface area (Å²) in [6, 6.07) is 6.53. The third kappa shape index (κ3) is 2.58. The molecule has 3 nitrogen and oxygen atoms in total. The Balaban J connectivity index is 1.81. The molecule has 0 aliphatic carbocycles. The number of halogens is 1. The van der Waals surface area contributed by atoms with Crippen molar-refractivity contribution >= 4 is 5.91 Å². The Morgan fingerprint density at radius 2 is 2.25 bits per heavy atom. The van der Waals surface area contributed by atoms with Crippen molar-refractivity contribution in [3.05, 3.63) is 35.6 Å². The number of carbonyl (C=O) groups is 1. The van der Waals surface area contributed by atoms with Crippen molar-refractivity contribution < 1.29 is 9.18 Å². The quantitative estimate of drug-likeness (QED) is 0.806. The molecule has 1 aliphatic rings. The van der Waals surface area contributed by atoms with Crippen LogP contribution in [0.15, 0.2) is 24.3 Å². The van der Waals surface area contributed by atoms with Crippen molar-refractivity contribution in [3.8, 4) is 0 Å². The molecule has 2 rings (SSSR count). The standard InChI is InChI=1S/C12H15FN2O/c13-11-4-2-1-3-10(11)12(16)15-8-6-9-5-7-14-9/h1-4,9,14H,5-8H2,(H,15,16). The molecule has 2 N–H and O–H groups in total. The van der Waals surface area contributed by atoms with E-state index in [4.69, 9.17) is 0 Å². The summed E-state index contributed by atoms with van der Waals surface area (Å²) in [4.78, 5) is 11.6. The lowest BCUT2D eigenvalue weighted by Gasteiger charge is -2.27. The Labute approximate surface area is 94.0 Å². The molecule has 16 heavy (non-hydrogen) atoms. The van der Waals surface area contributed by atoms with Gasteiger partial charge < -0.3 is 10.6 Å². The average Bonchev–Trinajstić information content (AvgIpc) is 2.22. The largest absolute Gasteiger partial charge is 0.352 e. The lowest BCUT2D eigenvalue weighted by atomic mass is 10.0. The van der Waals surface area contributed by atoms with Crippen LogP contribution in [-0.2, 0) is 0 Å². The van der Waals surface area contributed by atoms with Crippen molar-refractivity contribution in [1.29, 1.82) is 0 Å². The molecule has 1 heterocycles. The van der Waals surface area contributed by atoms with Crippen LogP contribution in [-0.4, -0.2) is 25.0 Å². The molecule has 0 aromatic heterocycles. The van der Waals surface area contributed by atoms with E-state index in [9.17, 15) is 9.18 Å². The monoisotopic (exact) mass is 222 g/mol. The molecule has 1 fully saturated rings. The highest BCUT2D eigenvalue weighted by Crippen LogP contribution is 2.07. The van der Waals surface area contributed by atoms with E-state index in [0.29, 0.717) is 12.6 Å².